The number of hydrogen-bond donors (Lipinski definition) is 0. The average Bonchev–Trinajstić information content (AvgIpc) is 2.67. The van der Waals surface area contributed by atoms with Crippen molar-refractivity contribution >= 4 is 37.7 Å². The summed E-state index contributed by atoms with van der Waals surface area (Å²) in [4.78, 5) is 10.5. The van der Waals surface area contributed by atoms with E-state index < -0.39 is 0 Å². The molecule has 0 amide bonds. The molecule has 14 heavy (non-hydrogen) atoms. The van der Waals surface area contributed by atoms with Gasteiger partial charge in [0, 0.05) is 24.6 Å². The molecule has 2 rings (SSSR count). The Balaban J connectivity index is 2.13. The van der Waals surface area contributed by atoms with Crippen LogP contribution in [0.4, 0.5) is 5.82 Å². The van der Waals surface area contributed by atoms with E-state index >= 15 is 0 Å². The molecule has 2 heterocycles. The molecule has 1 unspecified atom stereocenters. The smallest absolute Gasteiger partial charge is 0.146 e. The molecule has 1 saturated heterocycles. The van der Waals surface area contributed by atoms with E-state index in [4.69, 9.17) is 0 Å². The van der Waals surface area contributed by atoms with Crippen molar-refractivity contribution in [3.8, 4) is 0 Å². The number of aromatic nitrogens is 2. The quantitative estimate of drug-likeness (QED) is 0.784. The van der Waals surface area contributed by atoms with Crippen LogP contribution in [0.3, 0.4) is 0 Å². The van der Waals surface area contributed by atoms with Crippen LogP contribution in [-0.4, -0.2) is 28.4 Å². The molecule has 3 nitrogen and oxygen atoms in total. The van der Waals surface area contributed by atoms with Gasteiger partial charge >= 0.3 is 0 Å². The maximum Gasteiger partial charge on any atom is 0.146 e. The van der Waals surface area contributed by atoms with Gasteiger partial charge in [-0.15, -0.1) is 0 Å². The van der Waals surface area contributed by atoms with Gasteiger partial charge in [-0.3, -0.25) is 0 Å². The van der Waals surface area contributed by atoms with Crippen LogP contribution < -0.4 is 4.90 Å². The first-order valence-corrected chi connectivity index (χ1v) is 6.49. The number of rotatable bonds is 2. The molecule has 0 bridgehead atoms. The van der Waals surface area contributed by atoms with Crippen molar-refractivity contribution in [1.82, 2.24) is 9.97 Å². The van der Waals surface area contributed by atoms with Crippen molar-refractivity contribution in [3.05, 3.63) is 17.0 Å². The minimum atomic E-state index is 0.747. The highest BCUT2D eigenvalue weighted by Crippen LogP contribution is 2.28. The topological polar surface area (TPSA) is 29.0 Å². The zero-order chi connectivity index (χ0) is 9.97. The van der Waals surface area contributed by atoms with Crippen LogP contribution in [0, 0.1) is 5.92 Å². The molecule has 1 atom stereocenters. The molecule has 76 valence electrons. The predicted molar refractivity (Wildman–Crippen MR) is 63.8 cm³/mol. The predicted octanol–water partition coefficient (Wildman–Crippen LogP) is 2.46. The molecule has 1 fully saturated rings. The average molecular weight is 321 g/mol. The SMILES string of the molecule is BrCC1CCN(c2ncncc2Br)C1. The molecule has 0 saturated carbocycles. The second-order valence-corrected chi connectivity index (χ2v) is 4.95. The summed E-state index contributed by atoms with van der Waals surface area (Å²) in [7, 11) is 0. The van der Waals surface area contributed by atoms with Gasteiger partial charge in [0.15, 0.2) is 0 Å². The second-order valence-electron chi connectivity index (χ2n) is 3.45. The van der Waals surface area contributed by atoms with Crippen molar-refractivity contribution in [1.29, 1.82) is 0 Å². The maximum absolute atomic E-state index is 4.28. The van der Waals surface area contributed by atoms with Crippen LogP contribution in [0.25, 0.3) is 0 Å². The Morgan fingerprint density at radius 3 is 3.07 bits per heavy atom. The zero-order valence-electron chi connectivity index (χ0n) is 7.66. The maximum atomic E-state index is 4.28. The third-order valence-corrected chi connectivity index (χ3v) is 3.93. The lowest BCUT2D eigenvalue weighted by atomic mass is 10.2. The third kappa shape index (κ3) is 2.08. The molecular weight excluding hydrogens is 310 g/mol. The molecule has 0 spiro atoms. The first-order chi connectivity index (χ1) is 6.81. The van der Waals surface area contributed by atoms with Gasteiger partial charge in [0.2, 0.25) is 0 Å². The first-order valence-electron chi connectivity index (χ1n) is 4.57. The van der Waals surface area contributed by atoms with Gasteiger partial charge in [-0.05, 0) is 28.3 Å². The number of halogens is 2. The van der Waals surface area contributed by atoms with Gasteiger partial charge in [0.25, 0.3) is 0 Å². The van der Waals surface area contributed by atoms with Crippen LogP contribution >= 0.6 is 31.9 Å². The molecule has 1 aliphatic rings. The Kier molecular flexibility index (Phi) is 3.38. The summed E-state index contributed by atoms with van der Waals surface area (Å²) in [5, 5.41) is 1.08. The van der Waals surface area contributed by atoms with Gasteiger partial charge < -0.3 is 4.90 Å². The Morgan fingerprint density at radius 1 is 1.57 bits per heavy atom. The van der Waals surface area contributed by atoms with E-state index in [9.17, 15) is 0 Å². The molecule has 1 aromatic rings. The van der Waals surface area contributed by atoms with Crippen molar-refractivity contribution in [2.75, 3.05) is 23.3 Å². The van der Waals surface area contributed by atoms with Gasteiger partial charge in [-0.1, -0.05) is 15.9 Å². The summed E-state index contributed by atoms with van der Waals surface area (Å²) >= 11 is 6.99. The number of hydrogen-bond acceptors (Lipinski definition) is 3. The van der Waals surface area contributed by atoms with E-state index in [-0.39, 0.29) is 0 Å². The highest BCUT2D eigenvalue weighted by atomic mass is 79.9. The molecule has 0 radical (unpaired) electrons. The van der Waals surface area contributed by atoms with Crippen molar-refractivity contribution in [2.24, 2.45) is 5.92 Å². The van der Waals surface area contributed by atoms with Gasteiger partial charge in [-0.2, -0.15) is 0 Å². The van der Waals surface area contributed by atoms with E-state index in [0.717, 1.165) is 34.6 Å². The third-order valence-electron chi connectivity index (χ3n) is 2.45. The van der Waals surface area contributed by atoms with Crippen LogP contribution in [-0.2, 0) is 0 Å². The van der Waals surface area contributed by atoms with Crippen LogP contribution in [0.5, 0.6) is 0 Å². The van der Waals surface area contributed by atoms with Crippen LogP contribution in [0.15, 0.2) is 17.0 Å². The van der Waals surface area contributed by atoms with E-state index in [2.05, 4.69) is 46.7 Å². The fourth-order valence-corrected chi connectivity index (χ4v) is 2.69. The van der Waals surface area contributed by atoms with Crippen molar-refractivity contribution in [2.45, 2.75) is 6.42 Å². The normalized spacial score (nSPS) is 21.6. The van der Waals surface area contributed by atoms with E-state index in [1.165, 1.54) is 6.42 Å². The minimum Gasteiger partial charge on any atom is -0.355 e. The highest BCUT2D eigenvalue weighted by Gasteiger charge is 2.23. The monoisotopic (exact) mass is 319 g/mol. The highest BCUT2D eigenvalue weighted by molar-refractivity contribution is 9.10. The van der Waals surface area contributed by atoms with Crippen molar-refractivity contribution < 1.29 is 0 Å². The second kappa shape index (κ2) is 4.57. The first kappa shape index (κ1) is 10.4. The van der Waals surface area contributed by atoms with Crippen LogP contribution in [0.2, 0.25) is 0 Å². The number of anilines is 1. The summed E-state index contributed by atoms with van der Waals surface area (Å²) in [6, 6.07) is 0. The molecule has 0 aromatic carbocycles. The summed E-state index contributed by atoms with van der Waals surface area (Å²) in [6.07, 6.45) is 4.63. The fraction of sp³-hybridized carbons (Fsp3) is 0.556. The van der Waals surface area contributed by atoms with Gasteiger partial charge in [-0.25, -0.2) is 9.97 Å². The summed E-state index contributed by atoms with van der Waals surface area (Å²) in [6.45, 7) is 2.17. The van der Waals surface area contributed by atoms with E-state index in [1.807, 2.05) is 0 Å². The Labute approximate surface area is 100 Å². The number of nitrogens with zero attached hydrogens (tertiary/aromatic N) is 3. The summed E-state index contributed by atoms with van der Waals surface area (Å²) in [5.41, 5.74) is 0. The number of alkyl halides is 1. The lowest BCUT2D eigenvalue weighted by molar-refractivity contribution is 0.675. The Morgan fingerprint density at radius 2 is 2.43 bits per heavy atom. The van der Waals surface area contributed by atoms with Gasteiger partial charge in [0.05, 0.1) is 4.47 Å². The lowest BCUT2D eigenvalue weighted by Gasteiger charge is -2.17. The zero-order valence-corrected chi connectivity index (χ0v) is 10.8. The summed E-state index contributed by atoms with van der Waals surface area (Å²) in [5.74, 6) is 1.76. The minimum absolute atomic E-state index is 0.747. The fourth-order valence-electron chi connectivity index (χ4n) is 1.69. The van der Waals surface area contributed by atoms with E-state index in [1.54, 1.807) is 12.5 Å². The van der Waals surface area contributed by atoms with Crippen molar-refractivity contribution in [3.63, 3.8) is 0 Å². The molecule has 1 aromatic heterocycles. The summed E-state index contributed by atoms with van der Waals surface area (Å²) < 4.78 is 0.982. The molecule has 1 aliphatic heterocycles. The Bertz CT molecular complexity index is 319. The van der Waals surface area contributed by atoms with Crippen LogP contribution in [0.1, 0.15) is 6.42 Å². The van der Waals surface area contributed by atoms with Gasteiger partial charge in [0.1, 0.15) is 12.1 Å². The lowest BCUT2D eigenvalue weighted by Crippen LogP contribution is -2.21. The van der Waals surface area contributed by atoms with E-state index in [0.29, 0.717) is 0 Å². The molecule has 5 heteroatoms. The standard InChI is InChI=1S/C9H11Br2N3/c10-3-7-1-2-14(5-7)9-8(11)4-12-6-13-9/h4,6-7H,1-3,5H2. The molecule has 0 aliphatic carbocycles. The largest absolute Gasteiger partial charge is 0.355 e. The molecular formula is C9H11Br2N3. The Hall–Kier alpha value is -0.160. The molecule has 0 N–H and O–H groups in total.